The van der Waals surface area contributed by atoms with Crippen molar-refractivity contribution in [2.45, 2.75) is 44.9 Å². The highest BCUT2D eigenvalue weighted by molar-refractivity contribution is 5.96. The highest BCUT2D eigenvalue weighted by Crippen LogP contribution is 2.59. The van der Waals surface area contributed by atoms with E-state index in [0.29, 0.717) is 39.7 Å². The van der Waals surface area contributed by atoms with Crippen molar-refractivity contribution in [1.82, 2.24) is 0 Å². The van der Waals surface area contributed by atoms with E-state index in [4.69, 9.17) is 4.74 Å². The quantitative estimate of drug-likeness (QED) is 0.176. The SMILES string of the molecule is CC1(C)CC(C)(C)c2c(C#N)c(N3c4ccc(-c5ccccc5-c5ccccc5)cc4Oc4cc(-c5ccccc5-c5ccccc5)ccc43)c(C#N)c(C#N)c21. The Kier molecular flexibility index (Phi) is 8.32. The first kappa shape index (κ1) is 35.3. The van der Waals surface area contributed by atoms with Crippen LogP contribution in [0.4, 0.5) is 17.1 Å². The monoisotopic (exact) mass is 734 g/mol. The molecule has 1 aliphatic carbocycles. The van der Waals surface area contributed by atoms with Crippen molar-refractivity contribution in [3.8, 4) is 74.2 Å². The van der Waals surface area contributed by atoms with Gasteiger partial charge in [0, 0.05) is 0 Å². The molecule has 0 N–H and O–H groups in total. The maximum atomic E-state index is 11.2. The smallest absolute Gasteiger partial charge is 0.152 e. The van der Waals surface area contributed by atoms with Crippen LogP contribution < -0.4 is 9.64 Å². The zero-order valence-corrected chi connectivity index (χ0v) is 32.3. The molecule has 0 fully saturated rings. The average Bonchev–Trinajstić information content (AvgIpc) is 3.44. The number of hydrogen-bond acceptors (Lipinski definition) is 5. The molecule has 57 heavy (non-hydrogen) atoms. The molecule has 5 heteroatoms. The second-order valence-electron chi connectivity index (χ2n) is 16.1. The number of nitrogens with zero attached hydrogens (tertiary/aromatic N) is 4. The van der Waals surface area contributed by atoms with Gasteiger partial charge >= 0.3 is 0 Å². The van der Waals surface area contributed by atoms with Gasteiger partial charge in [0.05, 0.1) is 33.8 Å². The van der Waals surface area contributed by atoms with Gasteiger partial charge in [-0.25, -0.2) is 0 Å². The summed E-state index contributed by atoms with van der Waals surface area (Å²) in [6, 6.07) is 56.9. The molecule has 5 nitrogen and oxygen atoms in total. The third-order valence-electron chi connectivity index (χ3n) is 11.5. The van der Waals surface area contributed by atoms with Gasteiger partial charge in [0.2, 0.25) is 0 Å². The summed E-state index contributed by atoms with van der Waals surface area (Å²) in [5.74, 6) is 1.14. The summed E-state index contributed by atoms with van der Waals surface area (Å²) in [5.41, 5.74) is 11.8. The van der Waals surface area contributed by atoms with Crippen molar-refractivity contribution in [2.75, 3.05) is 4.90 Å². The van der Waals surface area contributed by atoms with Crippen molar-refractivity contribution in [3.63, 3.8) is 0 Å². The van der Waals surface area contributed by atoms with E-state index in [0.717, 1.165) is 62.1 Å². The predicted molar refractivity (Wildman–Crippen MR) is 228 cm³/mol. The van der Waals surface area contributed by atoms with E-state index in [1.54, 1.807) is 0 Å². The fourth-order valence-corrected chi connectivity index (χ4v) is 9.52. The van der Waals surface area contributed by atoms with Crippen LogP contribution in [0, 0.1) is 34.0 Å². The molecule has 1 aliphatic heterocycles. The fourth-order valence-electron chi connectivity index (χ4n) is 9.52. The van der Waals surface area contributed by atoms with Crippen molar-refractivity contribution in [3.05, 3.63) is 173 Å². The molecular formula is C52H38N4O. The molecule has 2 aliphatic rings. The molecule has 0 unspecified atom stereocenters. The third-order valence-corrected chi connectivity index (χ3v) is 11.5. The van der Waals surface area contributed by atoms with Crippen LogP contribution in [0.3, 0.4) is 0 Å². The van der Waals surface area contributed by atoms with E-state index in [2.05, 4.69) is 107 Å². The number of ether oxygens (including phenoxy) is 1. The van der Waals surface area contributed by atoms with Gasteiger partial charge in [-0.15, -0.1) is 0 Å². The minimum absolute atomic E-state index is 0.189. The summed E-state index contributed by atoms with van der Waals surface area (Å²) in [5, 5.41) is 33.0. The van der Waals surface area contributed by atoms with E-state index in [1.807, 2.05) is 89.8 Å². The molecule has 0 saturated carbocycles. The number of anilines is 3. The van der Waals surface area contributed by atoms with Crippen LogP contribution in [0.2, 0.25) is 0 Å². The van der Waals surface area contributed by atoms with E-state index < -0.39 is 10.8 Å². The van der Waals surface area contributed by atoms with Crippen molar-refractivity contribution in [2.24, 2.45) is 0 Å². The van der Waals surface area contributed by atoms with Crippen LogP contribution >= 0.6 is 0 Å². The molecule has 9 rings (SSSR count). The predicted octanol–water partition coefficient (Wildman–Crippen LogP) is 13.5. The Morgan fingerprint density at radius 2 is 0.842 bits per heavy atom. The first-order valence-electron chi connectivity index (χ1n) is 19.2. The lowest BCUT2D eigenvalue weighted by molar-refractivity contribution is 0.402. The highest BCUT2D eigenvalue weighted by Gasteiger charge is 2.48. The maximum absolute atomic E-state index is 11.2. The Labute approximate surface area is 333 Å². The van der Waals surface area contributed by atoms with Crippen LogP contribution in [-0.2, 0) is 10.8 Å². The number of hydrogen-bond donors (Lipinski definition) is 0. The summed E-state index contributed by atoms with van der Waals surface area (Å²) in [4.78, 5) is 1.98. The molecule has 7 aromatic carbocycles. The van der Waals surface area contributed by atoms with E-state index in [9.17, 15) is 15.8 Å². The number of benzene rings is 7. The van der Waals surface area contributed by atoms with Gasteiger partial charge in [-0.2, -0.15) is 15.8 Å². The minimum Gasteiger partial charge on any atom is -0.453 e. The summed E-state index contributed by atoms with van der Waals surface area (Å²) < 4.78 is 6.94. The second kappa shape index (κ2) is 13.4. The molecule has 272 valence electrons. The van der Waals surface area contributed by atoms with Gasteiger partial charge < -0.3 is 9.64 Å². The topological polar surface area (TPSA) is 83.8 Å². The van der Waals surface area contributed by atoms with Gasteiger partial charge in [0.15, 0.2) is 11.5 Å². The first-order valence-corrected chi connectivity index (χ1v) is 19.2. The largest absolute Gasteiger partial charge is 0.453 e. The van der Waals surface area contributed by atoms with Crippen molar-refractivity contribution >= 4 is 17.1 Å². The Morgan fingerprint density at radius 1 is 0.456 bits per heavy atom. The minimum atomic E-state index is -0.424. The van der Waals surface area contributed by atoms with Gasteiger partial charge in [-0.1, -0.05) is 149 Å². The number of rotatable bonds is 5. The van der Waals surface area contributed by atoms with Crippen LogP contribution in [-0.4, -0.2) is 0 Å². The fraction of sp³-hybridized carbons (Fsp3) is 0.135. The van der Waals surface area contributed by atoms with E-state index in [-0.39, 0.29) is 5.56 Å². The first-order chi connectivity index (χ1) is 27.6. The van der Waals surface area contributed by atoms with Gasteiger partial charge in [0.1, 0.15) is 18.2 Å². The van der Waals surface area contributed by atoms with Gasteiger partial charge in [-0.3, -0.25) is 0 Å². The molecule has 0 bridgehead atoms. The zero-order valence-electron chi connectivity index (χ0n) is 32.3. The van der Waals surface area contributed by atoms with Crippen LogP contribution in [0.1, 0.15) is 61.9 Å². The maximum Gasteiger partial charge on any atom is 0.152 e. The zero-order chi connectivity index (χ0) is 39.5. The molecule has 0 saturated heterocycles. The third kappa shape index (κ3) is 5.66. The summed E-state index contributed by atoms with van der Waals surface area (Å²) in [6.45, 7) is 8.47. The summed E-state index contributed by atoms with van der Waals surface area (Å²) in [7, 11) is 0. The lowest BCUT2D eigenvalue weighted by Gasteiger charge is -2.36. The molecule has 0 spiro atoms. The molecule has 0 aromatic heterocycles. The Balaban J connectivity index is 1.32. The Bertz CT molecular complexity index is 2750. The Hall–Kier alpha value is -7.39. The second-order valence-corrected chi connectivity index (χ2v) is 16.1. The highest BCUT2D eigenvalue weighted by atomic mass is 16.5. The van der Waals surface area contributed by atoms with Crippen molar-refractivity contribution in [1.29, 1.82) is 15.8 Å². The van der Waals surface area contributed by atoms with E-state index >= 15 is 0 Å². The molecule has 7 aromatic rings. The average molecular weight is 735 g/mol. The van der Waals surface area contributed by atoms with E-state index in [1.165, 1.54) is 0 Å². The lowest BCUT2D eigenvalue weighted by atomic mass is 9.80. The summed E-state index contributed by atoms with van der Waals surface area (Å²) >= 11 is 0. The van der Waals surface area contributed by atoms with Gasteiger partial charge in [0.25, 0.3) is 0 Å². The van der Waals surface area contributed by atoms with Crippen LogP contribution in [0.5, 0.6) is 11.5 Å². The standard InChI is InChI=1S/C52H38N4O/c1-51(2)32-52(3,4)49-43(31-55)50(42(30-54)41(29-53)48(49)51)56-44-25-23-35(39-21-13-11-19-37(39)33-15-7-5-8-16-33)27-46(44)57-47-28-36(24-26-45(47)56)40-22-14-12-20-38(40)34-17-9-6-10-18-34/h5-28H,32H2,1-4H3. The Morgan fingerprint density at radius 3 is 1.26 bits per heavy atom. The number of nitriles is 3. The summed E-state index contributed by atoms with van der Waals surface area (Å²) in [6.07, 6.45) is 0.734. The lowest BCUT2D eigenvalue weighted by Crippen LogP contribution is -2.22. The molecule has 0 amide bonds. The van der Waals surface area contributed by atoms with Crippen LogP contribution in [0.15, 0.2) is 146 Å². The van der Waals surface area contributed by atoms with Crippen molar-refractivity contribution < 1.29 is 4.74 Å². The molecule has 1 heterocycles. The molecular weight excluding hydrogens is 697 g/mol. The van der Waals surface area contributed by atoms with Gasteiger partial charge in [-0.05, 0) is 97.2 Å². The number of fused-ring (bicyclic) bond motifs is 3. The normalized spacial score (nSPS) is 14.2. The molecule has 0 atom stereocenters. The molecule has 0 radical (unpaired) electrons. The van der Waals surface area contributed by atoms with Crippen LogP contribution in [0.25, 0.3) is 44.5 Å².